The summed E-state index contributed by atoms with van der Waals surface area (Å²) in [5.74, 6) is 0.00857. The van der Waals surface area contributed by atoms with Crippen molar-refractivity contribution in [3.05, 3.63) is 64.7 Å². The fourth-order valence-electron chi connectivity index (χ4n) is 1.82. The Kier molecular flexibility index (Phi) is 6.04. The van der Waals surface area contributed by atoms with Crippen LogP contribution in [0.25, 0.3) is 0 Å². The van der Waals surface area contributed by atoms with E-state index in [2.05, 4.69) is 5.32 Å². The molecule has 0 aliphatic rings. The van der Waals surface area contributed by atoms with E-state index >= 15 is 0 Å². The molecule has 1 N–H and O–H groups in total. The molecule has 3 nitrogen and oxygen atoms in total. The minimum Gasteiger partial charge on any atom is -0.466 e. The second kappa shape index (κ2) is 7.63. The molecule has 2 aromatic rings. The Bertz CT molecular complexity index is 683. The van der Waals surface area contributed by atoms with Crippen molar-refractivity contribution in [1.82, 2.24) is 5.32 Å². The Morgan fingerprint density at radius 2 is 1.78 bits per heavy atom. The number of amides is 1. The molecule has 0 saturated carbocycles. The van der Waals surface area contributed by atoms with E-state index in [9.17, 15) is 4.79 Å². The lowest BCUT2D eigenvalue weighted by Gasteiger charge is -2.26. The summed E-state index contributed by atoms with van der Waals surface area (Å²) < 4.78 is 3.72. The fraction of sp³-hybridized carbons (Fsp3) is 0.188. The number of aryl methyl sites for hydroxylation is 1. The van der Waals surface area contributed by atoms with Crippen molar-refractivity contribution < 1.29 is 9.53 Å². The maximum atomic E-state index is 12.3. The number of carbonyl (C=O) groups excluding carboxylic acids is 1. The molecule has 0 bridgehead atoms. The molecule has 0 aromatic heterocycles. The van der Waals surface area contributed by atoms with Crippen molar-refractivity contribution in [2.45, 2.75) is 16.9 Å². The van der Waals surface area contributed by atoms with Crippen molar-refractivity contribution >= 4 is 52.3 Å². The van der Waals surface area contributed by atoms with Crippen LogP contribution in [0.3, 0.4) is 0 Å². The first-order chi connectivity index (χ1) is 10.8. The number of hydrogen-bond donors (Lipinski definition) is 1. The van der Waals surface area contributed by atoms with Gasteiger partial charge in [-0.15, -0.1) is 0 Å². The van der Waals surface area contributed by atoms with Crippen LogP contribution in [0.5, 0.6) is 5.75 Å². The standard InChI is InChI=1S/C16H13Cl4NO2/c1-10-3-2-4-11(9-10)14(22)21-15(16(18,19)20)23-13-7-5-12(17)6-8-13/h2-9,15H,1H3,(H,21,22). The molecule has 1 amide bonds. The Morgan fingerprint density at radius 1 is 1.13 bits per heavy atom. The van der Waals surface area contributed by atoms with E-state index in [0.717, 1.165) is 5.56 Å². The third-order valence-electron chi connectivity index (χ3n) is 2.91. The number of hydrogen-bond acceptors (Lipinski definition) is 2. The molecule has 2 aromatic carbocycles. The molecule has 0 radical (unpaired) electrons. The first kappa shape index (κ1) is 18.2. The van der Waals surface area contributed by atoms with Gasteiger partial charge < -0.3 is 10.1 Å². The molecule has 0 fully saturated rings. The summed E-state index contributed by atoms with van der Waals surface area (Å²) in [5, 5.41) is 3.12. The van der Waals surface area contributed by atoms with Gasteiger partial charge in [0.15, 0.2) is 0 Å². The fourth-order valence-corrected chi connectivity index (χ4v) is 2.24. The Balaban J connectivity index is 2.16. The van der Waals surface area contributed by atoms with Gasteiger partial charge in [0.25, 0.3) is 5.91 Å². The molecular weight excluding hydrogens is 380 g/mol. The zero-order chi connectivity index (χ0) is 17.0. The van der Waals surface area contributed by atoms with E-state index < -0.39 is 15.9 Å². The zero-order valence-corrected chi connectivity index (χ0v) is 15.0. The highest BCUT2D eigenvalue weighted by molar-refractivity contribution is 6.68. The van der Waals surface area contributed by atoms with Crippen LogP contribution in [0.15, 0.2) is 48.5 Å². The van der Waals surface area contributed by atoms with Crippen LogP contribution in [-0.4, -0.2) is 15.9 Å². The summed E-state index contributed by atoms with van der Waals surface area (Å²) in [4.78, 5) is 12.3. The molecular formula is C16H13Cl4NO2. The van der Waals surface area contributed by atoms with Crippen molar-refractivity contribution in [1.29, 1.82) is 0 Å². The molecule has 2 rings (SSSR count). The van der Waals surface area contributed by atoms with Crippen molar-refractivity contribution in [2.75, 3.05) is 0 Å². The summed E-state index contributed by atoms with van der Waals surface area (Å²) in [6.45, 7) is 1.88. The first-order valence-electron chi connectivity index (χ1n) is 6.62. The van der Waals surface area contributed by atoms with E-state index in [1.807, 2.05) is 13.0 Å². The van der Waals surface area contributed by atoms with Crippen LogP contribution >= 0.6 is 46.4 Å². The van der Waals surface area contributed by atoms with Gasteiger partial charge in [-0.05, 0) is 43.3 Å². The number of ether oxygens (including phenoxy) is 1. The average molecular weight is 393 g/mol. The van der Waals surface area contributed by atoms with Gasteiger partial charge in [-0.25, -0.2) is 0 Å². The van der Waals surface area contributed by atoms with E-state index in [-0.39, 0.29) is 0 Å². The SMILES string of the molecule is Cc1cccc(C(=O)NC(Oc2ccc(Cl)cc2)C(Cl)(Cl)Cl)c1. The van der Waals surface area contributed by atoms with Gasteiger partial charge in [0.2, 0.25) is 10.0 Å². The van der Waals surface area contributed by atoms with Crippen LogP contribution in [0.2, 0.25) is 5.02 Å². The van der Waals surface area contributed by atoms with Gasteiger partial charge in [0.05, 0.1) is 0 Å². The third kappa shape index (κ3) is 5.47. The predicted molar refractivity (Wildman–Crippen MR) is 94.8 cm³/mol. The molecule has 7 heteroatoms. The number of benzene rings is 2. The molecule has 0 heterocycles. The molecule has 0 aliphatic carbocycles. The molecule has 23 heavy (non-hydrogen) atoms. The number of nitrogens with one attached hydrogen (secondary N) is 1. The first-order valence-corrected chi connectivity index (χ1v) is 8.13. The van der Waals surface area contributed by atoms with E-state index in [1.165, 1.54) is 0 Å². The van der Waals surface area contributed by atoms with Gasteiger partial charge in [-0.1, -0.05) is 64.1 Å². The maximum Gasteiger partial charge on any atom is 0.254 e. The van der Waals surface area contributed by atoms with E-state index in [4.69, 9.17) is 51.1 Å². The quantitative estimate of drug-likeness (QED) is 0.576. The maximum absolute atomic E-state index is 12.3. The summed E-state index contributed by atoms with van der Waals surface area (Å²) >= 11 is 23.5. The van der Waals surface area contributed by atoms with Gasteiger partial charge in [0, 0.05) is 10.6 Å². The summed E-state index contributed by atoms with van der Waals surface area (Å²) in [7, 11) is 0. The molecule has 1 unspecified atom stereocenters. The van der Waals surface area contributed by atoms with Crippen LogP contribution < -0.4 is 10.1 Å². The molecule has 0 aliphatic heterocycles. The Labute approximate surface area is 154 Å². The molecule has 0 spiro atoms. The predicted octanol–water partition coefficient (Wildman–Crippen LogP) is 5.15. The highest BCUT2D eigenvalue weighted by Crippen LogP contribution is 2.32. The number of carbonyl (C=O) groups is 1. The lowest BCUT2D eigenvalue weighted by molar-refractivity contribution is 0.0833. The number of alkyl halides is 3. The van der Waals surface area contributed by atoms with Crippen molar-refractivity contribution in [2.24, 2.45) is 0 Å². The smallest absolute Gasteiger partial charge is 0.254 e. The molecule has 1 atom stereocenters. The van der Waals surface area contributed by atoms with Crippen LogP contribution in [0.1, 0.15) is 15.9 Å². The van der Waals surface area contributed by atoms with Gasteiger partial charge in [-0.2, -0.15) is 0 Å². The molecule has 0 saturated heterocycles. The number of halogens is 4. The monoisotopic (exact) mass is 391 g/mol. The highest BCUT2D eigenvalue weighted by Gasteiger charge is 2.36. The van der Waals surface area contributed by atoms with Crippen LogP contribution in [-0.2, 0) is 0 Å². The van der Waals surface area contributed by atoms with Crippen molar-refractivity contribution in [3.63, 3.8) is 0 Å². The Morgan fingerprint density at radius 3 is 2.35 bits per heavy atom. The highest BCUT2D eigenvalue weighted by atomic mass is 35.6. The normalized spacial score (nSPS) is 12.6. The topological polar surface area (TPSA) is 38.3 Å². The summed E-state index contributed by atoms with van der Waals surface area (Å²) in [6, 6.07) is 13.5. The average Bonchev–Trinajstić information content (AvgIpc) is 2.47. The lowest BCUT2D eigenvalue weighted by Crippen LogP contribution is -2.47. The van der Waals surface area contributed by atoms with Gasteiger partial charge in [-0.3, -0.25) is 4.79 Å². The van der Waals surface area contributed by atoms with Gasteiger partial charge >= 0.3 is 0 Å². The minimum atomic E-state index is -1.85. The van der Waals surface area contributed by atoms with Gasteiger partial charge in [0.1, 0.15) is 5.75 Å². The van der Waals surface area contributed by atoms with E-state index in [0.29, 0.717) is 16.3 Å². The summed E-state index contributed by atoms with van der Waals surface area (Å²) in [6.07, 6.45) is -1.17. The lowest BCUT2D eigenvalue weighted by atomic mass is 10.1. The van der Waals surface area contributed by atoms with Crippen LogP contribution in [0.4, 0.5) is 0 Å². The largest absolute Gasteiger partial charge is 0.466 e. The van der Waals surface area contributed by atoms with Crippen molar-refractivity contribution in [3.8, 4) is 5.75 Å². The Hall–Kier alpha value is -1.13. The second-order valence-corrected chi connectivity index (χ2v) is 7.64. The second-order valence-electron chi connectivity index (χ2n) is 4.84. The third-order valence-corrected chi connectivity index (χ3v) is 3.75. The van der Waals surface area contributed by atoms with E-state index in [1.54, 1.807) is 42.5 Å². The van der Waals surface area contributed by atoms with Crippen LogP contribution in [0, 0.1) is 6.92 Å². The zero-order valence-electron chi connectivity index (χ0n) is 12.0. The molecule has 122 valence electrons. The number of rotatable bonds is 4. The summed E-state index contributed by atoms with van der Waals surface area (Å²) in [5.41, 5.74) is 1.39. The minimum absolute atomic E-state index is 0.404.